The van der Waals surface area contributed by atoms with Gasteiger partial charge in [-0.15, -0.1) is 0 Å². The second kappa shape index (κ2) is 6.14. The van der Waals surface area contributed by atoms with Gasteiger partial charge in [-0.2, -0.15) is 0 Å². The lowest BCUT2D eigenvalue weighted by Crippen LogP contribution is -2.39. The van der Waals surface area contributed by atoms with E-state index in [1.54, 1.807) is 0 Å². The second-order valence-electron chi connectivity index (χ2n) is 5.88. The van der Waals surface area contributed by atoms with Gasteiger partial charge in [0.2, 0.25) is 0 Å². The van der Waals surface area contributed by atoms with Crippen LogP contribution < -0.4 is 5.32 Å². The molecular weight excluding hydrogens is 280 g/mol. The minimum absolute atomic E-state index is 0.0915. The predicted octanol–water partition coefficient (Wildman–Crippen LogP) is 3.61. The summed E-state index contributed by atoms with van der Waals surface area (Å²) in [5.41, 5.74) is 3.81. The topological polar surface area (TPSA) is 32.3 Å². The van der Waals surface area contributed by atoms with Crippen molar-refractivity contribution in [3.63, 3.8) is 0 Å². The summed E-state index contributed by atoms with van der Waals surface area (Å²) < 4.78 is 0. The molecule has 21 heavy (non-hydrogen) atoms. The number of nitrogens with zero attached hydrogens (tertiary/aromatic N) is 1. The zero-order valence-corrected chi connectivity index (χ0v) is 13.3. The zero-order valence-electron chi connectivity index (χ0n) is 12.5. The zero-order chi connectivity index (χ0) is 14.8. The van der Waals surface area contributed by atoms with Gasteiger partial charge in [-0.25, -0.2) is 4.79 Å². The van der Waals surface area contributed by atoms with Crippen LogP contribution in [0.15, 0.2) is 18.2 Å². The number of hydrogen-bond donors (Lipinski definition) is 1. The highest BCUT2D eigenvalue weighted by Gasteiger charge is 2.28. The summed E-state index contributed by atoms with van der Waals surface area (Å²) in [5.74, 6) is 0. The minimum atomic E-state index is 0.0915. The molecule has 0 spiro atoms. The highest BCUT2D eigenvalue weighted by Crippen LogP contribution is 2.34. The maximum absolute atomic E-state index is 12.3. The number of rotatable bonds is 3. The van der Waals surface area contributed by atoms with Crippen molar-refractivity contribution in [2.24, 2.45) is 0 Å². The lowest BCUT2D eigenvalue weighted by molar-refractivity contribution is 0.204. The third kappa shape index (κ3) is 2.82. The Bertz CT molecular complexity index is 564. The van der Waals surface area contributed by atoms with Gasteiger partial charge >= 0.3 is 6.03 Å². The quantitative estimate of drug-likeness (QED) is 0.683. The van der Waals surface area contributed by atoms with Gasteiger partial charge in [0.15, 0.2) is 0 Å². The molecule has 3 nitrogen and oxygen atoms in total. The Labute approximate surface area is 131 Å². The molecule has 0 radical (unpaired) electrons. The van der Waals surface area contributed by atoms with Crippen LogP contribution in [0.4, 0.5) is 4.79 Å². The Balaban J connectivity index is 1.77. The normalized spacial score (nSPS) is 20.4. The van der Waals surface area contributed by atoms with Crippen LogP contribution in [0.5, 0.6) is 0 Å². The van der Waals surface area contributed by atoms with Crippen molar-refractivity contribution in [1.29, 1.82) is 0 Å². The molecule has 0 saturated carbocycles. The first kappa shape index (κ1) is 14.5. The fraction of sp³-hybridized carbons (Fsp3) is 0.529. The Morgan fingerprint density at radius 3 is 2.86 bits per heavy atom. The van der Waals surface area contributed by atoms with E-state index in [1.165, 1.54) is 16.7 Å². The molecule has 1 heterocycles. The van der Waals surface area contributed by atoms with Crippen molar-refractivity contribution in [3.8, 4) is 0 Å². The molecule has 1 aliphatic heterocycles. The number of amides is 2. The van der Waals surface area contributed by atoms with E-state index in [2.05, 4.69) is 30.4 Å². The average molecular weight is 302 g/mol. The predicted molar refractivity (Wildman–Crippen MR) is 88.8 cm³/mol. The summed E-state index contributed by atoms with van der Waals surface area (Å²) in [6.07, 6.45) is 5.15. The Hall–Kier alpha value is -1.42. The Kier molecular flexibility index (Phi) is 4.24. The van der Waals surface area contributed by atoms with Crippen LogP contribution in [-0.4, -0.2) is 28.9 Å². The molecule has 1 saturated heterocycles. The number of fused-ring (bicyclic) bond motifs is 1. The molecule has 1 atom stereocenters. The number of urea groups is 1. The molecule has 0 bridgehead atoms. The first-order valence-corrected chi connectivity index (χ1v) is 8.32. The van der Waals surface area contributed by atoms with Gasteiger partial charge < -0.3 is 10.2 Å². The van der Waals surface area contributed by atoms with E-state index in [1.807, 2.05) is 4.90 Å². The van der Waals surface area contributed by atoms with E-state index in [-0.39, 0.29) is 12.1 Å². The highest BCUT2D eigenvalue weighted by atomic mass is 32.1. The summed E-state index contributed by atoms with van der Waals surface area (Å²) in [7, 11) is 0. The van der Waals surface area contributed by atoms with E-state index < -0.39 is 0 Å². The van der Waals surface area contributed by atoms with Gasteiger partial charge in [0.25, 0.3) is 0 Å². The number of nitrogens with one attached hydrogen (secondary N) is 1. The summed E-state index contributed by atoms with van der Waals surface area (Å²) in [6.45, 7) is 3.89. The SMILES string of the molecule is CCC(=S)c1cccc2c1CCC2NC(=O)N1CCCC1. The smallest absolute Gasteiger partial charge is 0.317 e. The van der Waals surface area contributed by atoms with E-state index in [0.29, 0.717) is 0 Å². The average Bonchev–Trinajstić information content (AvgIpc) is 3.16. The van der Waals surface area contributed by atoms with Gasteiger partial charge in [-0.1, -0.05) is 37.3 Å². The van der Waals surface area contributed by atoms with Crippen molar-refractivity contribution in [3.05, 3.63) is 34.9 Å². The van der Waals surface area contributed by atoms with Crippen LogP contribution in [0.2, 0.25) is 0 Å². The molecule has 1 aliphatic carbocycles. The van der Waals surface area contributed by atoms with Crippen molar-refractivity contribution >= 4 is 23.1 Å². The molecule has 3 rings (SSSR count). The Morgan fingerprint density at radius 1 is 1.38 bits per heavy atom. The number of carbonyl (C=O) groups excluding carboxylic acids is 1. The number of benzene rings is 1. The fourth-order valence-corrected chi connectivity index (χ4v) is 3.61. The molecular formula is C17H22N2OS. The van der Waals surface area contributed by atoms with Crippen LogP contribution in [0.3, 0.4) is 0 Å². The molecule has 2 amide bonds. The maximum Gasteiger partial charge on any atom is 0.317 e. The molecule has 1 unspecified atom stereocenters. The first-order chi connectivity index (χ1) is 10.2. The summed E-state index contributed by atoms with van der Waals surface area (Å²) in [4.78, 5) is 15.2. The monoisotopic (exact) mass is 302 g/mol. The number of carbonyl (C=O) groups is 1. The molecule has 112 valence electrons. The van der Waals surface area contributed by atoms with Crippen molar-refractivity contribution in [2.45, 2.75) is 45.1 Å². The van der Waals surface area contributed by atoms with Gasteiger partial charge in [0.05, 0.1) is 6.04 Å². The van der Waals surface area contributed by atoms with Crippen molar-refractivity contribution in [1.82, 2.24) is 10.2 Å². The third-order valence-electron chi connectivity index (χ3n) is 4.58. The lowest BCUT2D eigenvalue weighted by atomic mass is 9.99. The standard InChI is InChI=1S/C17H22N2OS/c1-2-16(21)14-7-5-6-13-12(14)8-9-15(13)18-17(20)19-10-3-4-11-19/h5-7,15H,2-4,8-11H2,1H3,(H,18,20). The van der Waals surface area contributed by atoms with Gasteiger partial charge in [-0.05, 0) is 48.8 Å². The van der Waals surface area contributed by atoms with Crippen LogP contribution >= 0.6 is 12.2 Å². The molecule has 1 aromatic rings. The van der Waals surface area contributed by atoms with E-state index in [4.69, 9.17) is 12.2 Å². The lowest BCUT2D eigenvalue weighted by Gasteiger charge is -2.21. The summed E-state index contributed by atoms with van der Waals surface area (Å²) in [5, 5.41) is 3.20. The van der Waals surface area contributed by atoms with Gasteiger partial charge in [-0.3, -0.25) is 0 Å². The minimum Gasteiger partial charge on any atom is -0.331 e. The highest BCUT2D eigenvalue weighted by molar-refractivity contribution is 7.80. The summed E-state index contributed by atoms with van der Waals surface area (Å²) >= 11 is 5.48. The third-order valence-corrected chi connectivity index (χ3v) is 5.09. The van der Waals surface area contributed by atoms with Crippen molar-refractivity contribution < 1.29 is 4.79 Å². The molecule has 1 aromatic carbocycles. The molecule has 0 aromatic heterocycles. The van der Waals surface area contributed by atoms with E-state index in [9.17, 15) is 4.79 Å². The first-order valence-electron chi connectivity index (χ1n) is 7.91. The molecule has 1 fully saturated rings. The van der Waals surface area contributed by atoms with E-state index >= 15 is 0 Å². The van der Waals surface area contributed by atoms with E-state index in [0.717, 1.165) is 50.1 Å². The van der Waals surface area contributed by atoms with Crippen LogP contribution in [0.1, 0.15) is 55.3 Å². The largest absolute Gasteiger partial charge is 0.331 e. The van der Waals surface area contributed by atoms with Gasteiger partial charge in [0.1, 0.15) is 0 Å². The van der Waals surface area contributed by atoms with Crippen LogP contribution in [-0.2, 0) is 6.42 Å². The van der Waals surface area contributed by atoms with Crippen LogP contribution in [0.25, 0.3) is 0 Å². The number of thiocarbonyl (C=S) groups is 1. The number of likely N-dealkylation sites (tertiary alicyclic amines) is 1. The molecule has 1 N–H and O–H groups in total. The second-order valence-corrected chi connectivity index (χ2v) is 6.38. The maximum atomic E-state index is 12.3. The fourth-order valence-electron chi connectivity index (χ4n) is 3.42. The number of hydrogen-bond acceptors (Lipinski definition) is 2. The Morgan fingerprint density at radius 2 is 2.14 bits per heavy atom. The molecule has 4 heteroatoms. The van der Waals surface area contributed by atoms with Crippen LogP contribution in [0, 0.1) is 0 Å². The van der Waals surface area contributed by atoms with Gasteiger partial charge in [0, 0.05) is 18.0 Å². The molecule has 2 aliphatic rings. The van der Waals surface area contributed by atoms with Crippen molar-refractivity contribution in [2.75, 3.05) is 13.1 Å². The summed E-state index contributed by atoms with van der Waals surface area (Å²) in [6, 6.07) is 6.56.